The van der Waals surface area contributed by atoms with Crippen molar-refractivity contribution in [3.63, 3.8) is 0 Å². The molecular formula is C23H29IN6O2. The Kier molecular flexibility index (Phi) is 10.5. The number of guanidine groups is 1. The molecule has 0 aliphatic carbocycles. The number of aromatic nitrogens is 2. The summed E-state index contributed by atoms with van der Waals surface area (Å²) in [5.41, 5.74) is 3.10. The van der Waals surface area contributed by atoms with Gasteiger partial charge in [0.1, 0.15) is 12.4 Å². The van der Waals surface area contributed by atoms with Crippen LogP contribution >= 0.6 is 24.0 Å². The largest absolute Gasteiger partial charge is 0.492 e. The van der Waals surface area contributed by atoms with E-state index < -0.39 is 0 Å². The lowest BCUT2D eigenvalue weighted by Crippen LogP contribution is -2.39. The van der Waals surface area contributed by atoms with Crippen LogP contribution in [-0.4, -0.2) is 41.8 Å². The van der Waals surface area contributed by atoms with Crippen LogP contribution in [-0.2, 0) is 17.9 Å². The molecule has 3 aromatic rings. The van der Waals surface area contributed by atoms with Crippen LogP contribution in [0.3, 0.4) is 0 Å². The fourth-order valence-corrected chi connectivity index (χ4v) is 3.06. The number of benzene rings is 2. The van der Waals surface area contributed by atoms with Gasteiger partial charge in [-0.3, -0.25) is 14.5 Å². The molecule has 3 rings (SSSR count). The van der Waals surface area contributed by atoms with Crippen molar-refractivity contribution in [3.8, 4) is 5.75 Å². The van der Waals surface area contributed by atoms with E-state index in [0.717, 1.165) is 6.54 Å². The average Bonchev–Trinajstić information content (AvgIpc) is 3.27. The molecule has 2 aromatic carbocycles. The maximum absolute atomic E-state index is 11.2. The lowest BCUT2D eigenvalue weighted by Gasteiger charge is -2.15. The lowest BCUT2D eigenvalue weighted by molar-refractivity contribution is -0.114. The van der Waals surface area contributed by atoms with E-state index in [1.54, 1.807) is 19.3 Å². The molecule has 0 spiro atoms. The van der Waals surface area contributed by atoms with Gasteiger partial charge in [-0.25, -0.2) is 0 Å². The third-order valence-corrected chi connectivity index (χ3v) is 4.50. The predicted molar refractivity (Wildman–Crippen MR) is 138 cm³/mol. The molecule has 0 saturated heterocycles. The Hall–Kier alpha value is -3.08. The van der Waals surface area contributed by atoms with Crippen molar-refractivity contribution in [1.82, 2.24) is 20.4 Å². The second-order valence-electron chi connectivity index (χ2n) is 6.88. The van der Waals surface area contributed by atoms with Crippen LogP contribution in [0, 0.1) is 0 Å². The minimum absolute atomic E-state index is 0. The third kappa shape index (κ3) is 8.22. The zero-order valence-electron chi connectivity index (χ0n) is 18.2. The van der Waals surface area contributed by atoms with Gasteiger partial charge in [0.25, 0.3) is 0 Å². The highest BCUT2D eigenvalue weighted by Crippen LogP contribution is 2.17. The molecule has 1 aromatic heterocycles. The normalized spacial score (nSPS) is 10.8. The average molecular weight is 548 g/mol. The molecule has 0 bridgehead atoms. The van der Waals surface area contributed by atoms with E-state index in [4.69, 9.17) is 4.74 Å². The first-order chi connectivity index (χ1) is 15.1. The van der Waals surface area contributed by atoms with Crippen LogP contribution in [0.15, 0.2) is 72.0 Å². The van der Waals surface area contributed by atoms with Gasteiger partial charge in [-0.05, 0) is 29.3 Å². The van der Waals surface area contributed by atoms with Crippen molar-refractivity contribution >= 4 is 41.5 Å². The summed E-state index contributed by atoms with van der Waals surface area (Å²) >= 11 is 0. The van der Waals surface area contributed by atoms with Crippen molar-refractivity contribution in [1.29, 1.82) is 0 Å². The Bertz CT molecular complexity index is 1010. The second kappa shape index (κ2) is 13.4. The molecule has 0 aliphatic heterocycles. The Labute approximate surface area is 205 Å². The molecule has 0 radical (unpaired) electrons. The molecule has 32 heavy (non-hydrogen) atoms. The zero-order valence-corrected chi connectivity index (χ0v) is 20.6. The first kappa shape index (κ1) is 25.2. The standard InChI is InChI=1S/C23H28N6O2.HI/c1-18(30)28-21-9-5-10-22(15-21)31-14-12-25-23(24-2)26-16-19-7-3-4-8-20(19)17-29-13-6-11-27-29;/h3-11,13,15H,12,14,16-17H2,1-2H3,(H,28,30)(H2,24,25,26);1H. The quantitative estimate of drug-likeness (QED) is 0.165. The number of rotatable bonds is 9. The van der Waals surface area contributed by atoms with Crippen molar-refractivity contribution in [3.05, 3.63) is 78.1 Å². The summed E-state index contributed by atoms with van der Waals surface area (Å²) in [6.45, 7) is 3.89. The van der Waals surface area contributed by atoms with E-state index in [0.29, 0.717) is 37.1 Å². The number of ether oxygens (including phenoxy) is 1. The van der Waals surface area contributed by atoms with Crippen LogP contribution < -0.4 is 20.7 Å². The second-order valence-corrected chi connectivity index (χ2v) is 6.88. The number of nitrogens with one attached hydrogen (secondary N) is 3. The van der Waals surface area contributed by atoms with E-state index in [-0.39, 0.29) is 29.9 Å². The van der Waals surface area contributed by atoms with Gasteiger partial charge < -0.3 is 20.7 Å². The Morgan fingerprint density at radius 3 is 2.62 bits per heavy atom. The van der Waals surface area contributed by atoms with Crippen molar-refractivity contribution < 1.29 is 9.53 Å². The van der Waals surface area contributed by atoms with Crippen molar-refractivity contribution in [2.24, 2.45) is 4.99 Å². The third-order valence-electron chi connectivity index (χ3n) is 4.50. The summed E-state index contributed by atoms with van der Waals surface area (Å²) in [4.78, 5) is 15.4. The number of halogens is 1. The number of hydrogen-bond acceptors (Lipinski definition) is 4. The van der Waals surface area contributed by atoms with Crippen molar-refractivity contribution in [2.75, 3.05) is 25.5 Å². The van der Waals surface area contributed by atoms with Gasteiger partial charge in [-0.15, -0.1) is 24.0 Å². The smallest absolute Gasteiger partial charge is 0.221 e. The highest BCUT2D eigenvalue weighted by molar-refractivity contribution is 14.0. The van der Waals surface area contributed by atoms with E-state index in [2.05, 4.69) is 38.2 Å². The molecule has 3 N–H and O–H groups in total. The number of carbonyl (C=O) groups is 1. The Morgan fingerprint density at radius 1 is 1.09 bits per heavy atom. The predicted octanol–water partition coefficient (Wildman–Crippen LogP) is 3.25. The van der Waals surface area contributed by atoms with Gasteiger partial charge in [0, 0.05) is 44.7 Å². The Balaban J connectivity index is 0.00000363. The number of nitrogens with zero attached hydrogens (tertiary/aromatic N) is 3. The zero-order chi connectivity index (χ0) is 21.9. The molecule has 0 aliphatic rings. The summed E-state index contributed by atoms with van der Waals surface area (Å²) in [6.07, 6.45) is 3.74. The number of carbonyl (C=O) groups excluding carboxylic acids is 1. The van der Waals surface area contributed by atoms with Crippen LogP contribution in [0.2, 0.25) is 0 Å². The molecule has 170 valence electrons. The molecule has 0 unspecified atom stereocenters. The minimum atomic E-state index is -0.111. The van der Waals surface area contributed by atoms with Gasteiger partial charge in [-0.2, -0.15) is 5.10 Å². The summed E-state index contributed by atoms with van der Waals surface area (Å²) < 4.78 is 7.66. The first-order valence-corrected chi connectivity index (χ1v) is 10.1. The highest BCUT2D eigenvalue weighted by Gasteiger charge is 2.05. The molecular weight excluding hydrogens is 519 g/mol. The molecule has 0 fully saturated rings. The molecule has 0 saturated carbocycles. The summed E-state index contributed by atoms with van der Waals surface area (Å²) in [5, 5.41) is 13.6. The van der Waals surface area contributed by atoms with Gasteiger partial charge in [-0.1, -0.05) is 30.3 Å². The fraction of sp³-hybridized carbons (Fsp3) is 0.261. The number of hydrogen-bond donors (Lipinski definition) is 3. The van der Waals surface area contributed by atoms with E-state index in [1.165, 1.54) is 18.1 Å². The van der Waals surface area contributed by atoms with E-state index >= 15 is 0 Å². The summed E-state index contributed by atoms with van der Waals surface area (Å²) in [7, 11) is 1.74. The fourth-order valence-electron chi connectivity index (χ4n) is 3.06. The molecule has 1 amide bonds. The van der Waals surface area contributed by atoms with Crippen molar-refractivity contribution in [2.45, 2.75) is 20.0 Å². The van der Waals surface area contributed by atoms with Crippen LogP contribution in [0.25, 0.3) is 0 Å². The summed E-state index contributed by atoms with van der Waals surface area (Å²) in [5.74, 6) is 1.29. The lowest BCUT2D eigenvalue weighted by atomic mass is 10.1. The van der Waals surface area contributed by atoms with Gasteiger partial charge in [0.15, 0.2) is 5.96 Å². The highest BCUT2D eigenvalue weighted by atomic mass is 127. The molecule has 0 atom stereocenters. The van der Waals surface area contributed by atoms with E-state index in [9.17, 15) is 4.79 Å². The monoisotopic (exact) mass is 548 g/mol. The van der Waals surface area contributed by atoms with E-state index in [1.807, 2.05) is 47.3 Å². The van der Waals surface area contributed by atoms with Crippen LogP contribution in [0.4, 0.5) is 5.69 Å². The van der Waals surface area contributed by atoms with Gasteiger partial charge >= 0.3 is 0 Å². The van der Waals surface area contributed by atoms with Crippen LogP contribution in [0.1, 0.15) is 18.1 Å². The van der Waals surface area contributed by atoms with Gasteiger partial charge in [0.05, 0.1) is 13.1 Å². The minimum Gasteiger partial charge on any atom is -0.492 e. The number of amides is 1. The summed E-state index contributed by atoms with van der Waals surface area (Å²) in [6, 6.07) is 17.5. The Morgan fingerprint density at radius 2 is 1.91 bits per heavy atom. The topological polar surface area (TPSA) is 92.6 Å². The molecule has 8 nitrogen and oxygen atoms in total. The number of aliphatic imine (C=N–C) groups is 1. The SMILES string of the molecule is CN=C(NCCOc1cccc(NC(C)=O)c1)NCc1ccccc1Cn1cccn1.I. The van der Waals surface area contributed by atoms with Crippen LogP contribution in [0.5, 0.6) is 5.75 Å². The molecule has 9 heteroatoms. The maximum atomic E-state index is 11.2. The number of anilines is 1. The first-order valence-electron chi connectivity index (χ1n) is 10.1. The maximum Gasteiger partial charge on any atom is 0.221 e. The molecule has 1 heterocycles. The van der Waals surface area contributed by atoms with Gasteiger partial charge in [0.2, 0.25) is 5.91 Å².